The number of aromatic nitrogens is 2. The number of aliphatic hydroxyl groups is 1. The first-order valence-electron chi connectivity index (χ1n) is 15.4. The molecule has 0 radical (unpaired) electrons. The lowest BCUT2D eigenvalue weighted by Crippen LogP contribution is -2.29. The Kier molecular flexibility index (Phi) is 10.1. The third-order valence-corrected chi connectivity index (χ3v) is 9.76. The number of rotatable bonds is 13. The minimum atomic E-state index is -1.02. The largest absolute Gasteiger partial charge is 0.507 e. The van der Waals surface area contributed by atoms with Crippen LogP contribution in [0.4, 0.5) is 5.13 Å². The van der Waals surface area contributed by atoms with Crippen LogP contribution >= 0.6 is 23.1 Å². The summed E-state index contributed by atoms with van der Waals surface area (Å²) in [4.78, 5) is 28.9. The maximum absolute atomic E-state index is 13.8. The van der Waals surface area contributed by atoms with E-state index in [1.165, 1.54) is 28.0 Å². The molecule has 1 N–H and O–H groups in total. The van der Waals surface area contributed by atoms with Crippen molar-refractivity contribution in [3.8, 4) is 17.2 Å². The molecule has 1 fully saturated rings. The molecule has 0 spiro atoms. The number of hydrogen-bond acceptors (Lipinski definition) is 10. The first kappa shape index (κ1) is 32.8. The van der Waals surface area contributed by atoms with E-state index in [0.717, 1.165) is 16.3 Å². The third kappa shape index (κ3) is 6.65. The van der Waals surface area contributed by atoms with E-state index in [9.17, 15) is 14.7 Å². The average molecular weight is 680 g/mol. The van der Waals surface area contributed by atoms with Gasteiger partial charge in [-0.05, 0) is 72.1 Å². The van der Waals surface area contributed by atoms with E-state index in [-0.39, 0.29) is 23.1 Å². The van der Waals surface area contributed by atoms with Gasteiger partial charge < -0.3 is 19.3 Å². The molecule has 9 nitrogen and oxygen atoms in total. The Bertz CT molecular complexity index is 2000. The predicted molar refractivity (Wildman–Crippen MR) is 189 cm³/mol. The number of ketones is 1. The number of carbonyl (C=O) groups is 2. The van der Waals surface area contributed by atoms with Crippen LogP contribution in [0.25, 0.3) is 16.5 Å². The summed E-state index contributed by atoms with van der Waals surface area (Å²) in [6.07, 6.45) is 1.63. The minimum Gasteiger partial charge on any atom is -0.507 e. The maximum atomic E-state index is 13.8. The second-order valence-corrected chi connectivity index (χ2v) is 12.8. The molecule has 4 aromatic carbocycles. The highest BCUT2D eigenvalue weighted by Crippen LogP contribution is 2.46. The van der Waals surface area contributed by atoms with Crippen LogP contribution in [0.2, 0.25) is 0 Å². The molecule has 1 aromatic heterocycles. The van der Waals surface area contributed by atoms with Crippen molar-refractivity contribution in [3.63, 3.8) is 0 Å². The molecule has 1 aliphatic heterocycles. The van der Waals surface area contributed by atoms with Crippen molar-refractivity contribution in [3.05, 3.63) is 120 Å². The molecule has 244 valence electrons. The number of nitrogens with zero attached hydrogens (tertiary/aromatic N) is 3. The van der Waals surface area contributed by atoms with Gasteiger partial charge in [-0.1, -0.05) is 84.3 Å². The fourth-order valence-electron chi connectivity index (χ4n) is 5.52. The molecule has 0 saturated carbocycles. The van der Waals surface area contributed by atoms with Gasteiger partial charge in [-0.3, -0.25) is 14.5 Å². The predicted octanol–water partition coefficient (Wildman–Crippen LogP) is 7.97. The molecule has 1 unspecified atom stereocenters. The van der Waals surface area contributed by atoms with Crippen LogP contribution in [0.5, 0.6) is 17.2 Å². The van der Waals surface area contributed by atoms with Crippen LogP contribution in [0.15, 0.2) is 107 Å². The van der Waals surface area contributed by atoms with E-state index in [0.29, 0.717) is 51.7 Å². The summed E-state index contributed by atoms with van der Waals surface area (Å²) in [6, 6.07) is 25.2. The quantitative estimate of drug-likeness (QED) is 0.0331. The van der Waals surface area contributed by atoms with E-state index in [4.69, 9.17) is 14.2 Å². The summed E-state index contributed by atoms with van der Waals surface area (Å²) in [5, 5.41) is 22.9. The molecule has 5 aromatic rings. The molecule has 0 aliphatic carbocycles. The normalized spacial score (nSPS) is 15.5. The van der Waals surface area contributed by atoms with Crippen molar-refractivity contribution in [2.24, 2.45) is 0 Å². The van der Waals surface area contributed by atoms with Crippen molar-refractivity contribution >= 4 is 56.5 Å². The first-order chi connectivity index (χ1) is 23.4. The van der Waals surface area contributed by atoms with Gasteiger partial charge in [-0.15, -0.1) is 10.2 Å². The average Bonchev–Trinajstić information content (AvgIpc) is 3.68. The number of Topliss-reactive ketones (excluding diaryl/α,β-unsaturated/α-hetero) is 1. The number of aliphatic hydroxyl groups excluding tert-OH is 1. The molecule has 1 atom stereocenters. The van der Waals surface area contributed by atoms with Crippen molar-refractivity contribution in [2.45, 2.75) is 30.0 Å². The topological polar surface area (TPSA) is 111 Å². The number of thioether (sulfide) groups is 1. The van der Waals surface area contributed by atoms with Crippen LogP contribution in [0, 0.1) is 0 Å². The van der Waals surface area contributed by atoms with Crippen molar-refractivity contribution in [1.29, 1.82) is 0 Å². The van der Waals surface area contributed by atoms with E-state index in [1.54, 1.807) is 48.5 Å². The Morgan fingerprint density at radius 1 is 0.938 bits per heavy atom. The Hall–Kier alpha value is -5.13. The number of hydrogen-bond donors (Lipinski definition) is 1. The van der Waals surface area contributed by atoms with Crippen LogP contribution < -0.4 is 19.1 Å². The molecular weight excluding hydrogens is 647 g/mol. The van der Waals surface area contributed by atoms with Gasteiger partial charge in [-0.2, -0.15) is 0 Å². The highest BCUT2D eigenvalue weighted by Gasteiger charge is 2.48. The Balaban J connectivity index is 1.40. The van der Waals surface area contributed by atoms with E-state index >= 15 is 0 Å². The van der Waals surface area contributed by atoms with E-state index < -0.39 is 17.7 Å². The molecule has 11 heteroatoms. The highest BCUT2D eigenvalue weighted by molar-refractivity contribution is 8.00. The number of fused-ring (bicyclic) bond motifs is 1. The van der Waals surface area contributed by atoms with E-state index in [1.807, 2.05) is 32.0 Å². The molecule has 6 rings (SSSR count). The van der Waals surface area contributed by atoms with Crippen LogP contribution in [-0.4, -0.2) is 46.8 Å². The van der Waals surface area contributed by atoms with Crippen molar-refractivity contribution in [1.82, 2.24) is 10.2 Å². The summed E-state index contributed by atoms with van der Waals surface area (Å²) in [5.74, 6) is 0.184. The summed E-state index contributed by atoms with van der Waals surface area (Å²) >= 11 is 2.71. The van der Waals surface area contributed by atoms with Gasteiger partial charge in [0.05, 0.1) is 24.8 Å². The molecule has 1 amide bonds. The fourth-order valence-corrected chi connectivity index (χ4v) is 7.39. The standard InChI is InChI=1S/C37H33N3O6S2/c1-4-20-46-29-19-16-25(21-30(29)45-6-3)32-31(33(41)24-14-17-27(18-15-24)44-5-2)34(42)35(43)40(32)36-38-39-37(48-36)47-22-26-12-9-11-23-10-7-8-13-28(23)26/h4,7-19,21,32,41H,1,5-6,20,22H2,2-3H3. The minimum absolute atomic E-state index is 0.0773. The molecule has 1 saturated heterocycles. The van der Waals surface area contributed by atoms with Gasteiger partial charge in [0.25, 0.3) is 5.78 Å². The summed E-state index contributed by atoms with van der Waals surface area (Å²) < 4.78 is 17.9. The lowest BCUT2D eigenvalue weighted by Gasteiger charge is -2.23. The van der Waals surface area contributed by atoms with Crippen LogP contribution in [-0.2, 0) is 15.3 Å². The molecule has 0 bridgehead atoms. The lowest BCUT2D eigenvalue weighted by atomic mass is 9.95. The Morgan fingerprint density at radius 2 is 1.71 bits per heavy atom. The lowest BCUT2D eigenvalue weighted by molar-refractivity contribution is -0.132. The zero-order valence-corrected chi connectivity index (χ0v) is 28.1. The zero-order valence-electron chi connectivity index (χ0n) is 26.4. The Labute approximate surface area is 286 Å². The first-order valence-corrected chi connectivity index (χ1v) is 17.2. The summed E-state index contributed by atoms with van der Waals surface area (Å²) in [6.45, 7) is 8.53. The summed E-state index contributed by atoms with van der Waals surface area (Å²) in [5.41, 5.74) is 1.96. The van der Waals surface area contributed by atoms with Gasteiger partial charge in [0, 0.05) is 11.3 Å². The van der Waals surface area contributed by atoms with Gasteiger partial charge in [-0.25, -0.2) is 0 Å². The van der Waals surface area contributed by atoms with Crippen molar-refractivity contribution in [2.75, 3.05) is 24.7 Å². The van der Waals surface area contributed by atoms with Gasteiger partial charge in [0.1, 0.15) is 18.1 Å². The number of ether oxygens (including phenoxy) is 3. The third-order valence-electron chi connectivity index (χ3n) is 7.66. The SMILES string of the molecule is C=CCOc1ccc(C2C(=C(O)c3ccc(OCC)cc3)C(=O)C(=O)N2c2nnc(SCc3cccc4ccccc34)s2)cc1OCC. The van der Waals surface area contributed by atoms with Crippen molar-refractivity contribution < 1.29 is 28.9 Å². The number of carbonyl (C=O) groups excluding carboxylic acids is 2. The van der Waals surface area contributed by atoms with Crippen LogP contribution in [0.3, 0.4) is 0 Å². The number of amides is 1. The van der Waals surface area contributed by atoms with Crippen LogP contribution in [0.1, 0.15) is 36.6 Å². The highest BCUT2D eigenvalue weighted by atomic mass is 32.2. The molecule has 2 heterocycles. The second-order valence-electron chi connectivity index (χ2n) is 10.6. The molecule has 1 aliphatic rings. The van der Waals surface area contributed by atoms with Gasteiger partial charge in [0.15, 0.2) is 15.8 Å². The second kappa shape index (κ2) is 14.7. The Morgan fingerprint density at radius 3 is 2.48 bits per heavy atom. The fraction of sp³-hybridized carbons (Fsp3) is 0.189. The molecular formula is C37H33N3O6S2. The van der Waals surface area contributed by atoms with Gasteiger partial charge >= 0.3 is 5.91 Å². The smallest absolute Gasteiger partial charge is 0.301 e. The monoisotopic (exact) mass is 679 g/mol. The maximum Gasteiger partial charge on any atom is 0.301 e. The summed E-state index contributed by atoms with van der Waals surface area (Å²) in [7, 11) is 0. The number of benzene rings is 4. The molecule has 48 heavy (non-hydrogen) atoms. The number of anilines is 1. The van der Waals surface area contributed by atoms with Gasteiger partial charge in [0.2, 0.25) is 5.13 Å². The zero-order chi connectivity index (χ0) is 33.6. The van der Waals surface area contributed by atoms with E-state index in [2.05, 4.69) is 41.0 Å².